The van der Waals surface area contributed by atoms with Crippen LogP contribution in [0.25, 0.3) is 0 Å². The van der Waals surface area contributed by atoms with E-state index in [1.807, 2.05) is 6.92 Å². The highest BCUT2D eigenvalue weighted by Crippen LogP contribution is 2.23. The fourth-order valence-electron chi connectivity index (χ4n) is 1.64. The van der Waals surface area contributed by atoms with Gasteiger partial charge in [0.2, 0.25) is 0 Å². The SMILES string of the molecule is Cc1ccc(S(=O)(=O)N(C#N)c2ccc(F)cc2)cc1. The van der Waals surface area contributed by atoms with E-state index >= 15 is 0 Å². The van der Waals surface area contributed by atoms with Gasteiger partial charge in [-0.15, -0.1) is 0 Å². The number of hydrogen-bond acceptors (Lipinski definition) is 3. The first-order chi connectivity index (χ1) is 9.45. The third-order valence-electron chi connectivity index (χ3n) is 2.71. The molecule has 2 aromatic carbocycles. The summed E-state index contributed by atoms with van der Waals surface area (Å²) in [5.41, 5.74) is 1.00. The smallest absolute Gasteiger partial charge is 0.207 e. The summed E-state index contributed by atoms with van der Waals surface area (Å²) in [6.45, 7) is 1.83. The molecule has 0 unspecified atom stereocenters. The lowest BCUT2D eigenvalue weighted by atomic mass is 10.2. The maximum Gasteiger partial charge on any atom is 0.276 e. The number of nitrogens with zero attached hydrogens (tertiary/aromatic N) is 2. The van der Waals surface area contributed by atoms with Crippen LogP contribution in [0.3, 0.4) is 0 Å². The molecule has 0 aliphatic carbocycles. The van der Waals surface area contributed by atoms with E-state index in [-0.39, 0.29) is 10.6 Å². The number of benzene rings is 2. The van der Waals surface area contributed by atoms with E-state index in [1.165, 1.54) is 24.3 Å². The molecule has 0 aliphatic rings. The molecule has 2 aromatic rings. The molecule has 102 valence electrons. The largest absolute Gasteiger partial charge is 0.276 e. The topological polar surface area (TPSA) is 61.2 Å². The van der Waals surface area contributed by atoms with Crippen LogP contribution >= 0.6 is 0 Å². The fraction of sp³-hybridized carbons (Fsp3) is 0.0714. The van der Waals surface area contributed by atoms with Crippen molar-refractivity contribution in [3.8, 4) is 6.19 Å². The molecule has 0 saturated carbocycles. The van der Waals surface area contributed by atoms with Crippen molar-refractivity contribution in [1.29, 1.82) is 5.26 Å². The summed E-state index contributed by atoms with van der Waals surface area (Å²) in [6.07, 6.45) is 1.61. The molecule has 0 fully saturated rings. The van der Waals surface area contributed by atoms with Crippen molar-refractivity contribution in [2.24, 2.45) is 0 Å². The Morgan fingerprint density at radius 3 is 2.10 bits per heavy atom. The van der Waals surface area contributed by atoms with Crippen molar-refractivity contribution in [1.82, 2.24) is 0 Å². The Kier molecular flexibility index (Phi) is 3.72. The second-order valence-electron chi connectivity index (χ2n) is 4.16. The standard InChI is InChI=1S/C14H11FN2O2S/c1-11-2-8-14(9-3-11)20(18,19)17(10-16)13-6-4-12(15)5-7-13/h2-9H,1H3. The average Bonchev–Trinajstić information content (AvgIpc) is 2.42. The minimum Gasteiger partial charge on any atom is -0.207 e. The van der Waals surface area contributed by atoms with Crippen LogP contribution in [-0.4, -0.2) is 8.42 Å². The van der Waals surface area contributed by atoms with Gasteiger partial charge in [0.15, 0.2) is 6.19 Å². The Labute approximate surface area is 116 Å². The zero-order valence-corrected chi connectivity index (χ0v) is 11.4. The van der Waals surface area contributed by atoms with E-state index in [0.29, 0.717) is 4.31 Å². The molecule has 0 bridgehead atoms. The van der Waals surface area contributed by atoms with Crippen molar-refractivity contribution in [2.75, 3.05) is 4.31 Å². The van der Waals surface area contributed by atoms with Crippen LogP contribution in [0.1, 0.15) is 5.56 Å². The van der Waals surface area contributed by atoms with Gasteiger partial charge in [0.1, 0.15) is 5.82 Å². The van der Waals surface area contributed by atoms with E-state index in [0.717, 1.165) is 17.7 Å². The van der Waals surface area contributed by atoms with Crippen molar-refractivity contribution >= 4 is 15.7 Å². The van der Waals surface area contributed by atoms with Crippen molar-refractivity contribution in [2.45, 2.75) is 11.8 Å². The lowest BCUT2D eigenvalue weighted by molar-refractivity contribution is 0.596. The molecule has 0 radical (unpaired) electrons. The van der Waals surface area contributed by atoms with Crippen molar-refractivity contribution < 1.29 is 12.8 Å². The van der Waals surface area contributed by atoms with E-state index in [9.17, 15) is 12.8 Å². The Balaban J connectivity index is 2.48. The predicted molar refractivity (Wildman–Crippen MR) is 72.9 cm³/mol. The molecule has 4 nitrogen and oxygen atoms in total. The molecule has 0 aromatic heterocycles. The monoisotopic (exact) mass is 290 g/mol. The third-order valence-corrected chi connectivity index (χ3v) is 4.35. The number of rotatable bonds is 3. The van der Waals surface area contributed by atoms with E-state index in [1.54, 1.807) is 18.3 Å². The average molecular weight is 290 g/mol. The second-order valence-corrected chi connectivity index (χ2v) is 5.95. The van der Waals surface area contributed by atoms with Gasteiger partial charge in [-0.2, -0.15) is 18.0 Å². The summed E-state index contributed by atoms with van der Waals surface area (Å²) >= 11 is 0. The molecule has 2 rings (SSSR count). The first-order valence-corrected chi connectivity index (χ1v) is 7.16. The van der Waals surface area contributed by atoms with Gasteiger partial charge in [-0.3, -0.25) is 0 Å². The number of sulfonamides is 1. The maximum atomic E-state index is 12.9. The van der Waals surface area contributed by atoms with Gasteiger partial charge in [-0.1, -0.05) is 17.7 Å². The molecule has 0 aliphatic heterocycles. The van der Waals surface area contributed by atoms with E-state index in [2.05, 4.69) is 0 Å². The third kappa shape index (κ3) is 2.63. The van der Waals surface area contributed by atoms with E-state index < -0.39 is 15.8 Å². The van der Waals surface area contributed by atoms with Crippen LogP contribution in [0.2, 0.25) is 0 Å². The summed E-state index contributed by atoms with van der Waals surface area (Å²) in [4.78, 5) is 0.00831. The van der Waals surface area contributed by atoms with Gasteiger partial charge in [0, 0.05) is 0 Å². The molecular weight excluding hydrogens is 279 g/mol. The Bertz CT molecular complexity index is 747. The van der Waals surface area contributed by atoms with Crippen LogP contribution in [0, 0.1) is 24.2 Å². The first kappa shape index (κ1) is 14.0. The molecule has 0 amide bonds. The Morgan fingerprint density at radius 1 is 1.05 bits per heavy atom. The van der Waals surface area contributed by atoms with Gasteiger partial charge >= 0.3 is 0 Å². The summed E-state index contributed by atoms with van der Waals surface area (Å²) in [5, 5.41) is 9.10. The van der Waals surface area contributed by atoms with Gasteiger partial charge in [0.05, 0.1) is 10.6 Å². The minimum atomic E-state index is -3.98. The van der Waals surface area contributed by atoms with Crippen LogP contribution in [0.4, 0.5) is 10.1 Å². The summed E-state index contributed by atoms with van der Waals surface area (Å²) < 4.78 is 38.2. The molecule has 0 atom stereocenters. The number of nitriles is 1. The summed E-state index contributed by atoms with van der Waals surface area (Å²) in [5.74, 6) is -0.501. The first-order valence-electron chi connectivity index (χ1n) is 5.72. The Hall–Kier alpha value is -2.39. The summed E-state index contributed by atoms with van der Waals surface area (Å²) in [7, 11) is -3.98. The predicted octanol–water partition coefficient (Wildman–Crippen LogP) is 2.81. The number of aryl methyl sites for hydroxylation is 1. The second kappa shape index (κ2) is 5.31. The van der Waals surface area contributed by atoms with Crippen molar-refractivity contribution in [3.63, 3.8) is 0 Å². The molecule has 0 spiro atoms. The Morgan fingerprint density at radius 2 is 1.60 bits per heavy atom. The number of anilines is 1. The van der Waals surface area contributed by atoms with Crippen molar-refractivity contribution in [3.05, 3.63) is 59.9 Å². The molecule has 0 saturated heterocycles. The highest BCUT2D eigenvalue weighted by Gasteiger charge is 2.24. The zero-order valence-electron chi connectivity index (χ0n) is 10.6. The number of hydrogen-bond donors (Lipinski definition) is 0. The van der Waals surface area contributed by atoms with Gasteiger partial charge in [-0.25, -0.2) is 4.39 Å². The molecule has 0 N–H and O–H groups in total. The lowest BCUT2D eigenvalue weighted by Gasteiger charge is -2.16. The normalized spacial score (nSPS) is 10.8. The molecule has 6 heteroatoms. The van der Waals surface area contributed by atoms with Gasteiger partial charge < -0.3 is 0 Å². The number of halogens is 1. The lowest BCUT2D eigenvalue weighted by Crippen LogP contribution is -2.25. The highest BCUT2D eigenvalue weighted by molar-refractivity contribution is 7.93. The molecular formula is C14H11FN2O2S. The van der Waals surface area contributed by atoms with E-state index in [4.69, 9.17) is 5.26 Å². The molecule has 20 heavy (non-hydrogen) atoms. The van der Waals surface area contributed by atoms with Gasteiger partial charge in [0.25, 0.3) is 10.0 Å². The highest BCUT2D eigenvalue weighted by atomic mass is 32.2. The quantitative estimate of drug-likeness (QED) is 0.645. The fourth-order valence-corrected chi connectivity index (χ4v) is 2.84. The maximum absolute atomic E-state index is 12.9. The van der Waals surface area contributed by atoms with Crippen LogP contribution in [-0.2, 0) is 10.0 Å². The van der Waals surface area contributed by atoms with Crippen LogP contribution < -0.4 is 4.31 Å². The zero-order chi connectivity index (χ0) is 14.8. The molecule has 0 heterocycles. The minimum absolute atomic E-state index is 0.00831. The van der Waals surface area contributed by atoms with Crippen LogP contribution in [0.15, 0.2) is 53.4 Å². The van der Waals surface area contributed by atoms with Gasteiger partial charge in [-0.05, 0) is 43.3 Å². The van der Waals surface area contributed by atoms with Crippen LogP contribution in [0.5, 0.6) is 0 Å². The summed E-state index contributed by atoms with van der Waals surface area (Å²) in [6, 6.07) is 10.8.